The molecular weight excluding hydrogens is 295 g/mol. The number of hydrogen-bond acceptors (Lipinski definition) is 5. The molecule has 1 aromatic carbocycles. The predicted octanol–water partition coefficient (Wildman–Crippen LogP) is 4.18. The fourth-order valence-electron chi connectivity index (χ4n) is 1.37. The van der Waals surface area contributed by atoms with Gasteiger partial charge in [-0.3, -0.25) is 4.79 Å². The number of benzene rings is 1. The number of ketones is 1. The summed E-state index contributed by atoms with van der Waals surface area (Å²) in [4.78, 5) is 11.7. The van der Waals surface area contributed by atoms with Gasteiger partial charge in [0, 0.05) is 0 Å². The monoisotopic (exact) mass is 314 g/mol. The summed E-state index contributed by atoms with van der Waals surface area (Å²) in [7, 11) is 0. The van der Waals surface area contributed by atoms with Gasteiger partial charge in [0.05, 0.1) is 19.0 Å². The highest BCUT2D eigenvalue weighted by Crippen LogP contribution is 2.60. The van der Waals surface area contributed by atoms with Gasteiger partial charge in [-0.15, -0.1) is 0 Å². The van der Waals surface area contributed by atoms with E-state index in [1.807, 2.05) is 30.3 Å². The Morgan fingerprint density at radius 3 is 2.35 bits per heavy atom. The highest BCUT2D eigenvalue weighted by Gasteiger charge is 2.25. The summed E-state index contributed by atoms with van der Waals surface area (Å²) >= 11 is 0.927. The van der Waals surface area contributed by atoms with Crippen LogP contribution >= 0.6 is 18.2 Å². The van der Waals surface area contributed by atoms with Crippen molar-refractivity contribution in [1.82, 2.24) is 0 Å². The summed E-state index contributed by atoms with van der Waals surface area (Å²) in [5.74, 6) is -0.0564. The molecule has 20 heavy (non-hydrogen) atoms. The zero-order valence-corrected chi connectivity index (χ0v) is 13.4. The van der Waals surface area contributed by atoms with Gasteiger partial charge in [0.25, 0.3) is 0 Å². The van der Waals surface area contributed by atoms with Gasteiger partial charge in [-0.05, 0) is 36.9 Å². The van der Waals surface area contributed by atoms with Gasteiger partial charge in [-0.1, -0.05) is 36.4 Å². The van der Waals surface area contributed by atoms with Gasteiger partial charge in [0.1, 0.15) is 0 Å². The van der Waals surface area contributed by atoms with Crippen LogP contribution < -0.4 is 0 Å². The minimum atomic E-state index is -3.21. The molecule has 0 aromatic heterocycles. The van der Waals surface area contributed by atoms with Crippen molar-refractivity contribution in [2.75, 3.05) is 19.0 Å². The normalized spacial score (nSPS) is 11.9. The second-order valence-corrected chi connectivity index (χ2v) is 7.84. The van der Waals surface area contributed by atoms with Crippen molar-refractivity contribution in [2.24, 2.45) is 0 Å². The number of rotatable bonds is 9. The van der Waals surface area contributed by atoms with E-state index in [9.17, 15) is 9.36 Å². The molecule has 0 aliphatic heterocycles. The van der Waals surface area contributed by atoms with Crippen LogP contribution in [-0.4, -0.2) is 24.7 Å². The smallest absolute Gasteiger partial charge is 0.301 e. The molecule has 0 saturated heterocycles. The van der Waals surface area contributed by atoms with Crippen LogP contribution in [0.25, 0.3) is 6.08 Å². The van der Waals surface area contributed by atoms with Crippen LogP contribution in [0.3, 0.4) is 0 Å². The standard InChI is InChI=1S/C14H19O4PS/c1-3-17-19(16,18-4-2)20-12-14(15)11-10-13-8-6-5-7-9-13/h5-11H,3-4,12H2,1-2H3/b11-10+. The number of hydrogen-bond donors (Lipinski definition) is 0. The van der Waals surface area contributed by atoms with Crippen molar-refractivity contribution in [1.29, 1.82) is 0 Å². The van der Waals surface area contributed by atoms with Gasteiger partial charge in [0.15, 0.2) is 5.78 Å². The first kappa shape index (κ1) is 17.2. The van der Waals surface area contributed by atoms with E-state index in [-0.39, 0.29) is 11.5 Å². The van der Waals surface area contributed by atoms with Crippen LogP contribution in [0.4, 0.5) is 0 Å². The van der Waals surface area contributed by atoms with Crippen molar-refractivity contribution in [3.63, 3.8) is 0 Å². The lowest BCUT2D eigenvalue weighted by Crippen LogP contribution is -1.99. The lowest BCUT2D eigenvalue weighted by Gasteiger charge is -2.14. The highest BCUT2D eigenvalue weighted by atomic mass is 32.7. The molecule has 1 aromatic rings. The molecule has 0 bridgehead atoms. The Bertz CT molecular complexity index is 477. The second kappa shape index (κ2) is 9.14. The lowest BCUT2D eigenvalue weighted by atomic mass is 10.2. The molecule has 6 heteroatoms. The summed E-state index contributed by atoms with van der Waals surface area (Å²) in [6.07, 6.45) is 3.21. The molecule has 0 spiro atoms. The van der Waals surface area contributed by atoms with E-state index in [0.29, 0.717) is 13.2 Å². The molecule has 0 heterocycles. The fourth-order valence-corrected chi connectivity index (χ4v) is 4.55. The summed E-state index contributed by atoms with van der Waals surface area (Å²) in [6, 6.07) is 9.52. The summed E-state index contributed by atoms with van der Waals surface area (Å²) < 4.78 is 22.3. The number of carbonyl (C=O) groups excluding carboxylic acids is 1. The summed E-state index contributed by atoms with van der Waals surface area (Å²) in [5, 5.41) is 0. The van der Waals surface area contributed by atoms with Crippen molar-refractivity contribution >= 4 is 30.0 Å². The van der Waals surface area contributed by atoms with Gasteiger partial charge in [0.2, 0.25) is 0 Å². The third-order valence-electron chi connectivity index (χ3n) is 2.20. The number of allylic oxidation sites excluding steroid dienone is 1. The van der Waals surface area contributed by atoms with Gasteiger partial charge in [-0.25, -0.2) is 4.57 Å². The third-order valence-corrected chi connectivity index (χ3v) is 6.05. The molecule has 0 atom stereocenters. The molecule has 0 aliphatic rings. The summed E-state index contributed by atoms with van der Waals surface area (Å²) in [5.41, 5.74) is 0.948. The maximum absolute atomic E-state index is 12.1. The largest absolute Gasteiger partial charge is 0.389 e. The molecule has 0 fully saturated rings. The molecule has 0 saturated carbocycles. The van der Waals surface area contributed by atoms with Crippen LogP contribution in [0.5, 0.6) is 0 Å². The maximum Gasteiger partial charge on any atom is 0.389 e. The van der Waals surface area contributed by atoms with E-state index >= 15 is 0 Å². The fraction of sp³-hybridized carbons (Fsp3) is 0.357. The van der Waals surface area contributed by atoms with Crippen molar-refractivity contribution < 1.29 is 18.4 Å². The van der Waals surface area contributed by atoms with Crippen LogP contribution in [-0.2, 0) is 18.4 Å². The average Bonchev–Trinajstić information content (AvgIpc) is 2.45. The molecule has 0 radical (unpaired) electrons. The molecule has 1 rings (SSSR count). The first-order valence-corrected chi connectivity index (χ1v) is 9.52. The van der Waals surface area contributed by atoms with Crippen molar-refractivity contribution in [2.45, 2.75) is 13.8 Å². The highest BCUT2D eigenvalue weighted by molar-refractivity contribution is 8.55. The van der Waals surface area contributed by atoms with Gasteiger partial charge >= 0.3 is 6.80 Å². The Hall–Kier alpha value is -0.870. The van der Waals surface area contributed by atoms with Crippen molar-refractivity contribution in [3.8, 4) is 0 Å². The Morgan fingerprint density at radius 1 is 1.20 bits per heavy atom. The molecule has 0 unspecified atom stereocenters. The van der Waals surface area contributed by atoms with E-state index < -0.39 is 6.80 Å². The van der Waals surface area contributed by atoms with E-state index in [1.54, 1.807) is 19.9 Å². The minimum Gasteiger partial charge on any atom is -0.301 e. The Morgan fingerprint density at radius 2 is 1.80 bits per heavy atom. The molecular formula is C14H19O4PS. The van der Waals surface area contributed by atoms with Gasteiger partial charge in [-0.2, -0.15) is 0 Å². The van der Waals surface area contributed by atoms with Gasteiger partial charge < -0.3 is 9.05 Å². The second-order valence-electron chi connectivity index (χ2n) is 3.77. The maximum atomic E-state index is 12.1. The minimum absolute atomic E-state index is 0.0701. The Balaban J connectivity index is 2.50. The Labute approximate surface area is 123 Å². The van der Waals surface area contributed by atoms with E-state index in [1.165, 1.54) is 6.08 Å². The molecule has 4 nitrogen and oxygen atoms in total. The van der Waals surface area contributed by atoms with Crippen LogP contribution in [0.2, 0.25) is 0 Å². The predicted molar refractivity (Wildman–Crippen MR) is 83.8 cm³/mol. The third kappa shape index (κ3) is 6.53. The topological polar surface area (TPSA) is 52.6 Å². The SMILES string of the molecule is CCOP(=O)(OCC)SCC(=O)/C=C/c1ccccc1. The van der Waals surface area contributed by atoms with E-state index in [4.69, 9.17) is 9.05 Å². The number of carbonyl (C=O) groups is 1. The lowest BCUT2D eigenvalue weighted by molar-refractivity contribution is -0.112. The Kier molecular flexibility index (Phi) is 7.85. The molecule has 110 valence electrons. The van der Waals surface area contributed by atoms with Crippen LogP contribution in [0, 0.1) is 0 Å². The molecule has 0 N–H and O–H groups in total. The molecule has 0 amide bonds. The van der Waals surface area contributed by atoms with Crippen LogP contribution in [0.1, 0.15) is 19.4 Å². The quantitative estimate of drug-likeness (QED) is 0.505. The van der Waals surface area contributed by atoms with E-state index in [2.05, 4.69) is 0 Å². The van der Waals surface area contributed by atoms with Crippen molar-refractivity contribution in [3.05, 3.63) is 42.0 Å². The first-order valence-electron chi connectivity index (χ1n) is 6.39. The first-order chi connectivity index (χ1) is 9.59. The van der Waals surface area contributed by atoms with E-state index in [0.717, 1.165) is 16.9 Å². The molecule has 0 aliphatic carbocycles. The van der Waals surface area contributed by atoms with Crippen LogP contribution in [0.15, 0.2) is 36.4 Å². The zero-order chi connectivity index (χ0) is 14.8. The average molecular weight is 314 g/mol. The zero-order valence-electron chi connectivity index (χ0n) is 11.7. The summed E-state index contributed by atoms with van der Waals surface area (Å²) in [6.45, 7) is 0.852.